The van der Waals surface area contributed by atoms with Crippen molar-refractivity contribution in [1.29, 1.82) is 0 Å². The monoisotopic (exact) mass is 506 g/mol. The molecule has 0 radical (unpaired) electrons. The first-order valence-corrected chi connectivity index (χ1v) is 12.6. The van der Waals surface area contributed by atoms with Crippen LogP contribution >= 0.6 is 0 Å². The molecule has 2 aliphatic rings. The molecule has 10 heteroatoms. The molecular formula is C28H26N8O2. The van der Waals surface area contributed by atoms with E-state index in [-0.39, 0.29) is 17.4 Å². The number of hydrogen-bond acceptors (Lipinski definition) is 8. The number of carbonyl (C=O) groups is 1. The number of pyridine rings is 2. The Balaban J connectivity index is 1.17. The largest absolute Gasteiger partial charge is 0.457 e. The molecule has 1 aliphatic carbocycles. The standard InChI is InChI=1S/C28H26N8O2/c1-15-9-17(5-6-21(15)38-18-7-8-35-22(10-18)31-14-33-35)34-26-19-11-23(29-12-20(19)30-13-32-26)36-25-16(2)24(25)28(3,4)27(36)37/h5-14,16,24-25H,1-4H3,(H,30,32,34)/t16-,24+,25-/m1/s1. The number of aryl methyl sites for hydroxylation is 1. The molecule has 1 aliphatic heterocycles. The zero-order chi connectivity index (χ0) is 26.2. The summed E-state index contributed by atoms with van der Waals surface area (Å²) < 4.78 is 7.79. The Kier molecular flexibility index (Phi) is 4.72. The molecule has 0 bridgehead atoms. The average Bonchev–Trinajstić information content (AvgIpc) is 3.25. The molecule has 10 nitrogen and oxygen atoms in total. The highest BCUT2D eigenvalue weighted by atomic mass is 16.5. The first kappa shape index (κ1) is 22.6. The summed E-state index contributed by atoms with van der Waals surface area (Å²) in [6, 6.07) is 11.7. The van der Waals surface area contributed by atoms with Crippen LogP contribution in [0.15, 0.2) is 61.4 Å². The fourth-order valence-electron chi connectivity index (χ4n) is 5.91. The Labute approximate surface area is 218 Å². The second kappa shape index (κ2) is 7.95. The van der Waals surface area contributed by atoms with Crippen molar-refractivity contribution in [2.75, 3.05) is 10.2 Å². The molecule has 1 N–H and O–H groups in total. The van der Waals surface area contributed by atoms with Crippen LogP contribution in [0.2, 0.25) is 0 Å². The van der Waals surface area contributed by atoms with Crippen LogP contribution in [0.4, 0.5) is 17.3 Å². The quantitative estimate of drug-likeness (QED) is 0.358. The number of carbonyl (C=O) groups excluding carboxylic acids is 1. The zero-order valence-electron chi connectivity index (χ0n) is 21.5. The normalized spacial score (nSPS) is 21.6. The van der Waals surface area contributed by atoms with Gasteiger partial charge < -0.3 is 10.1 Å². The van der Waals surface area contributed by atoms with Gasteiger partial charge in [-0.3, -0.25) is 9.69 Å². The van der Waals surface area contributed by atoms with Crippen LogP contribution in [0.25, 0.3) is 16.6 Å². The van der Waals surface area contributed by atoms with Crippen LogP contribution in [0.5, 0.6) is 11.5 Å². The minimum atomic E-state index is -0.377. The summed E-state index contributed by atoms with van der Waals surface area (Å²) >= 11 is 0. The molecular weight excluding hydrogens is 480 g/mol. The molecule has 7 rings (SSSR count). The van der Waals surface area contributed by atoms with Crippen LogP contribution in [0, 0.1) is 24.2 Å². The van der Waals surface area contributed by atoms with Crippen molar-refractivity contribution in [3.63, 3.8) is 0 Å². The molecule has 0 spiro atoms. The van der Waals surface area contributed by atoms with E-state index in [1.165, 1.54) is 12.7 Å². The maximum absolute atomic E-state index is 13.2. The van der Waals surface area contributed by atoms with E-state index in [0.29, 0.717) is 40.4 Å². The van der Waals surface area contributed by atoms with Gasteiger partial charge in [0.15, 0.2) is 5.65 Å². The highest BCUT2D eigenvalue weighted by Gasteiger charge is 2.68. The number of aromatic nitrogens is 6. The third kappa shape index (κ3) is 3.40. The molecule has 1 saturated heterocycles. The number of ether oxygens (including phenoxy) is 1. The van der Waals surface area contributed by atoms with Crippen LogP contribution in [-0.4, -0.2) is 41.5 Å². The summed E-state index contributed by atoms with van der Waals surface area (Å²) in [4.78, 5) is 32.8. The number of nitrogens with one attached hydrogen (secondary N) is 1. The minimum absolute atomic E-state index is 0.123. The van der Waals surface area contributed by atoms with E-state index in [0.717, 1.165) is 22.4 Å². The molecule has 3 atom stereocenters. The molecule has 38 heavy (non-hydrogen) atoms. The first-order valence-electron chi connectivity index (χ1n) is 12.6. The summed E-state index contributed by atoms with van der Waals surface area (Å²) in [6.07, 6.45) is 6.55. The summed E-state index contributed by atoms with van der Waals surface area (Å²) in [6.45, 7) is 8.27. The number of hydrogen-bond donors (Lipinski definition) is 1. The van der Waals surface area contributed by atoms with Gasteiger partial charge in [0.2, 0.25) is 5.91 Å². The molecule has 0 unspecified atom stereocenters. The topological polar surface area (TPSA) is 110 Å². The molecule has 5 aromatic rings. The smallest absolute Gasteiger partial charge is 0.234 e. The van der Waals surface area contributed by atoms with Gasteiger partial charge in [-0.1, -0.05) is 20.8 Å². The highest BCUT2D eigenvalue weighted by Crippen LogP contribution is 2.60. The molecule has 4 aromatic heterocycles. The third-order valence-corrected chi connectivity index (χ3v) is 7.91. The molecule has 2 fully saturated rings. The van der Waals surface area contributed by atoms with Crippen LogP contribution in [-0.2, 0) is 4.79 Å². The number of nitrogens with zero attached hydrogens (tertiary/aromatic N) is 7. The summed E-state index contributed by atoms with van der Waals surface area (Å²) in [5.41, 5.74) is 2.86. The summed E-state index contributed by atoms with van der Waals surface area (Å²) in [5, 5.41) is 8.33. The Morgan fingerprint density at radius 1 is 1.03 bits per heavy atom. The Morgan fingerprint density at radius 3 is 2.71 bits per heavy atom. The van der Waals surface area contributed by atoms with Crippen LogP contribution in [0.1, 0.15) is 26.3 Å². The third-order valence-electron chi connectivity index (χ3n) is 7.91. The predicted molar refractivity (Wildman–Crippen MR) is 143 cm³/mol. The van der Waals surface area contributed by atoms with E-state index < -0.39 is 0 Å². The predicted octanol–water partition coefficient (Wildman–Crippen LogP) is 4.92. The Morgan fingerprint density at radius 2 is 1.89 bits per heavy atom. The fourth-order valence-corrected chi connectivity index (χ4v) is 5.91. The van der Waals surface area contributed by atoms with Crippen molar-refractivity contribution in [2.45, 2.75) is 33.7 Å². The fraction of sp³-hybridized carbons (Fsp3) is 0.286. The second-order valence-corrected chi connectivity index (χ2v) is 10.7. The zero-order valence-corrected chi connectivity index (χ0v) is 21.5. The van der Waals surface area contributed by atoms with Crippen molar-refractivity contribution in [3.05, 3.63) is 67.0 Å². The lowest BCUT2D eigenvalue weighted by atomic mass is 9.87. The number of anilines is 3. The minimum Gasteiger partial charge on any atom is -0.457 e. The van der Waals surface area contributed by atoms with Crippen molar-refractivity contribution < 1.29 is 9.53 Å². The van der Waals surface area contributed by atoms with E-state index in [4.69, 9.17) is 4.74 Å². The van der Waals surface area contributed by atoms with Crippen molar-refractivity contribution in [2.24, 2.45) is 17.3 Å². The first-order chi connectivity index (χ1) is 18.3. The molecule has 5 heterocycles. The van der Waals surface area contributed by atoms with Crippen molar-refractivity contribution >= 4 is 39.8 Å². The Hall–Kier alpha value is -4.60. The van der Waals surface area contributed by atoms with E-state index in [1.807, 2.05) is 68.3 Å². The average molecular weight is 507 g/mol. The van der Waals surface area contributed by atoms with E-state index >= 15 is 0 Å². The van der Waals surface area contributed by atoms with Gasteiger partial charge in [-0.25, -0.2) is 24.5 Å². The van der Waals surface area contributed by atoms with Gasteiger partial charge in [0.1, 0.15) is 35.8 Å². The number of piperidine rings is 1. The van der Waals surface area contributed by atoms with Gasteiger partial charge in [-0.05, 0) is 54.7 Å². The summed E-state index contributed by atoms with van der Waals surface area (Å²) in [5.74, 6) is 3.67. The second-order valence-electron chi connectivity index (χ2n) is 10.7. The lowest BCUT2D eigenvalue weighted by Gasteiger charge is -2.25. The van der Waals surface area contributed by atoms with E-state index in [2.05, 4.69) is 37.3 Å². The van der Waals surface area contributed by atoms with Crippen molar-refractivity contribution in [1.82, 2.24) is 29.5 Å². The van der Waals surface area contributed by atoms with Gasteiger partial charge in [0, 0.05) is 34.8 Å². The SMILES string of the molecule is Cc1cc(Nc2ncnc3cnc(N4C(=O)C(C)(C)[C@H]5[C@@H](C)[C@H]54)cc23)ccc1Oc1ccn2ncnc2c1. The van der Waals surface area contributed by atoms with Gasteiger partial charge in [-0.2, -0.15) is 5.10 Å². The van der Waals surface area contributed by atoms with Gasteiger partial charge in [0.25, 0.3) is 0 Å². The van der Waals surface area contributed by atoms with Crippen LogP contribution < -0.4 is 15.0 Å². The van der Waals surface area contributed by atoms with Crippen LogP contribution in [0.3, 0.4) is 0 Å². The van der Waals surface area contributed by atoms with E-state index in [1.54, 1.807) is 10.7 Å². The molecule has 190 valence electrons. The number of rotatable bonds is 5. The maximum Gasteiger partial charge on any atom is 0.234 e. The molecule has 1 saturated carbocycles. The molecule has 1 amide bonds. The number of benzene rings is 1. The van der Waals surface area contributed by atoms with Gasteiger partial charge in [-0.15, -0.1) is 0 Å². The summed E-state index contributed by atoms with van der Waals surface area (Å²) in [7, 11) is 0. The highest BCUT2D eigenvalue weighted by molar-refractivity contribution is 6.03. The molecule has 1 aromatic carbocycles. The van der Waals surface area contributed by atoms with Gasteiger partial charge >= 0.3 is 0 Å². The van der Waals surface area contributed by atoms with Crippen molar-refractivity contribution in [3.8, 4) is 11.5 Å². The Bertz CT molecular complexity index is 1750. The number of fused-ring (bicyclic) bond motifs is 3. The number of amides is 1. The van der Waals surface area contributed by atoms with E-state index in [9.17, 15) is 4.79 Å². The maximum atomic E-state index is 13.2. The lowest BCUT2D eigenvalue weighted by Crippen LogP contribution is -2.38. The lowest BCUT2D eigenvalue weighted by molar-refractivity contribution is -0.125. The van der Waals surface area contributed by atoms with Gasteiger partial charge in [0.05, 0.1) is 11.7 Å².